The average molecular weight is 444 g/mol. The molecule has 1 fully saturated rings. The van der Waals surface area contributed by atoms with Crippen LogP contribution < -0.4 is 5.32 Å². The topological polar surface area (TPSA) is 56.0 Å². The quantitative estimate of drug-likeness (QED) is 0.368. The van der Waals surface area contributed by atoms with Crippen molar-refractivity contribution < 1.29 is 12.8 Å². The molecule has 2 aromatic heterocycles. The molecule has 2 aromatic carbocycles. The number of hydrogen-bond acceptors (Lipinski definition) is 3. The number of hydrogen-bond donors (Lipinski definition) is 1. The van der Waals surface area contributed by atoms with E-state index in [0.717, 1.165) is 35.0 Å². The number of halogens is 2. The molecule has 154 valence electrons. The van der Waals surface area contributed by atoms with Crippen LogP contribution >= 0.6 is 11.6 Å². The van der Waals surface area contributed by atoms with E-state index >= 15 is 0 Å². The summed E-state index contributed by atoms with van der Waals surface area (Å²) < 4.78 is 43.8. The van der Waals surface area contributed by atoms with E-state index in [1.807, 2.05) is 13.1 Å². The predicted octanol–water partition coefficient (Wildman–Crippen LogP) is 4.42. The lowest BCUT2D eigenvalue weighted by Gasteiger charge is -2.29. The van der Waals surface area contributed by atoms with Gasteiger partial charge in [-0.25, -0.2) is 16.8 Å². The van der Waals surface area contributed by atoms with Gasteiger partial charge in [0, 0.05) is 47.7 Å². The highest BCUT2D eigenvalue weighted by Gasteiger charge is 2.45. The molecule has 8 heteroatoms. The van der Waals surface area contributed by atoms with Gasteiger partial charge in [0.25, 0.3) is 10.0 Å². The molecule has 2 bridgehead atoms. The van der Waals surface area contributed by atoms with Crippen LogP contribution in [0.1, 0.15) is 30.1 Å². The fraction of sp³-hybridized carbons (Fsp3) is 0.273. The van der Waals surface area contributed by atoms with Crippen molar-refractivity contribution in [3.8, 4) is 0 Å². The van der Waals surface area contributed by atoms with Crippen LogP contribution in [0.3, 0.4) is 0 Å². The van der Waals surface area contributed by atoms with Crippen molar-refractivity contribution in [2.75, 3.05) is 0 Å². The Morgan fingerprint density at radius 3 is 2.80 bits per heavy atom. The molecule has 5 nitrogen and oxygen atoms in total. The van der Waals surface area contributed by atoms with Crippen molar-refractivity contribution in [1.29, 1.82) is 0 Å². The number of rotatable bonds is 2. The van der Waals surface area contributed by atoms with Gasteiger partial charge in [0.2, 0.25) is 0 Å². The molecule has 1 saturated heterocycles. The second-order valence-electron chi connectivity index (χ2n) is 8.30. The number of alkyl halides is 1. The standard InChI is InChI=1S/C22H19ClFN3O2S/c1-26-19-5-3-15(11-16(19)21-17-6-8-22(23,25-17)12-20(21)26)30(28,29)27-9-7-13-10-14(24)2-4-18(13)27/h2-5,7,9-11,17,25H,6,8,12H2,1H3. The van der Waals surface area contributed by atoms with Crippen LogP contribution in [0.15, 0.2) is 53.6 Å². The number of aromatic nitrogens is 2. The van der Waals surface area contributed by atoms with Crippen molar-refractivity contribution >= 4 is 43.4 Å². The number of fused-ring (bicyclic) bond motifs is 7. The van der Waals surface area contributed by atoms with Crippen LogP contribution in [0.4, 0.5) is 4.39 Å². The lowest BCUT2D eigenvalue weighted by Crippen LogP contribution is -2.41. The van der Waals surface area contributed by atoms with Crippen LogP contribution in [0, 0.1) is 5.82 Å². The van der Waals surface area contributed by atoms with E-state index in [1.54, 1.807) is 18.2 Å². The lowest BCUT2D eigenvalue weighted by atomic mass is 9.99. The third-order valence-corrected chi connectivity index (χ3v) is 8.68. The highest BCUT2D eigenvalue weighted by atomic mass is 35.5. The Hall–Kier alpha value is -2.35. The molecule has 0 spiro atoms. The van der Waals surface area contributed by atoms with Crippen LogP contribution in [0.25, 0.3) is 21.8 Å². The van der Waals surface area contributed by atoms with Crippen molar-refractivity contribution in [3.63, 3.8) is 0 Å². The fourth-order valence-corrected chi connectivity index (χ4v) is 6.88. The third-order valence-electron chi connectivity index (χ3n) is 6.57. The average Bonchev–Trinajstić information content (AvgIpc) is 3.35. The van der Waals surface area contributed by atoms with E-state index in [1.165, 1.54) is 28.4 Å². The van der Waals surface area contributed by atoms with Gasteiger partial charge in [-0.15, -0.1) is 11.6 Å². The lowest BCUT2D eigenvalue weighted by molar-refractivity contribution is 0.455. The molecule has 2 atom stereocenters. The molecule has 30 heavy (non-hydrogen) atoms. The van der Waals surface area contributed by atoms with Crippen LogP contribution in [-0.2, 0) is 23.5 Å². The van der Waals surface area contributed by atoms with Gasteiger partial charge in [-0.05, 0) is 60.9 Å². The van der Waals surface area contributed by atoms with Gasteiger partial charge >= 0.3 is 0 Å². The maximum Gasteiger partial charge on any atom is 0.268 e. The van der Waals surface area contributed by atoms with E-state index < -0.39 is 20.8 Å². The highest BCUT2D eigenvalue weighted by molar-refractivity contribution is 7.90. The van der Waals surface area contributed by atoms with Crippen molar-refractivity contribution in [2.24, 2.45) is 7.05 Å². The summed E-state index contributed by atoms with van der Waals surface area (Å²) >= 11 is 6.72. The van der Waals surface area contributed by atoms with Gasteiger partial charge in [-0.1, -0.05) is 0 Å². The molecule has 0 radical (unpaired) electrons. The first-order valence-corrected chi connectivity index (χ1v) is 11.7. The zero-order chi connectivity index (χ0) is 20.8. The molecule has 2 aliphatic rings. The van der Waals surface area contributed by atoms with E-state index in [9.17, 15) is 12.8 Å². The molecule has 1 N–H and O–H groups in total. The van der Waals surface area contributed by atoms with Gasteiger partial charge in [-0.2, -0.15) is 0 Å². The number of nitrogens with zero attached hydrogens (tertiary/aromatic N) is 2. The molecule has 2 aliphatic heterocycles. The number of benzene rings is 2. The molecule has 0 amide bonds. The summed E-state index contributed by atoms with van der Waals surface area (Å²) in [5, 5.41) is 4.99. The first-order chi connectivity index (χ1) is 14.3. The van der Waals surface area contributed by atoms with E-state index in [4.69, 9.17) is 11.6 Å². The molecule has 0 saturated carbocycles. The second kappa shape index (κ2) is 5.87. The number of nitrogens with one attached hydrogen (secondary N) is 1. The van der Waals surface area contributed by atoms with Gasteiger partial charge in [-0.3, -0.25) is 5.32 Å². The summed E-state index contributed by atoms with van der Waals surface area (Å²) in [5.74, 6) is -0.394. The highest BCUT2D eigenvalue weighted by Crippen LogP contribution is 2.47. The molecule has 4 heterocycles. The predicted molar refractivity (Wildman–Crippen MR) is 115 cm³/mol. The Labute approximate surface area is 178 Å². The maximum absolute atomic E-state index is 13.5. The Balaban J connectivity index is 1.55. The van der Waals surface area contributed by atoms with Crippen LogP contribution in [0.2, 0.25) is 0 Å². The monoisotopic (exact) mass is 443 g/mol. The Kier molecular flexibility index (Phi) is 3.60. The molecule has 6 rings (SSSR count). The summed E-state index contributed by atoms with van der Waals surface area (Å²) in [4.78, 5) is -0.195. The van der Waals surface area contributed by atoms with Crippen LogP contribution in [0.5, 0.6) is 0 Å². The Morgan fingerprint density at radius 1 is 1.17 bits per heavy atom. The van der Waals surface area contributed by atoms with Crippen LogP contribution in [-0.4, -0.2) is 22.0 Å². The SMILES string of the molecule is Cn1c2c(c3cc(S(=O)(=O)n4ccc5cc(F)ccc54)ccc31)C1CCC(Cl)(C2)N1. The fourth-order valence-electron chi connectivity index (χ4n) is 5.13. The minimum absolute atomic E-state index is 0.128. The molecular weight excluding hydrogens is 425 g/mol. The zero-order valence-corrected chi connectivity index (χ0v) is 17.8. The minimum Gasteiger partial charge on any atom is -0.347 e. The number of aryl methyl sites for hydroxylation is 1. The zero-order valence-electron chi connectivity index (χ0n) is 16.2. The van der Waals surface area contributed by atoms with E-state index in [2.05, 4.69) is 9.88 Å². The van der Waals surface area contributed by atoms with Crippen molar-refractivity contribution in [1.82, 2.24) is 13.9 Å². The Morgan fingerprint density at radius 2 is 1.97 bits per heavy atom. The molecule has 4 aromatic rings. The van der Waals surface area contributed by atoms with Crippen molar-refractivity contribution in [2.45, 2.75) is 35.2 Å². The smallest absolute Gasteiger partial charge is 0.268 e. The second-order valence-corrected chi connectivity index (χ2v) is 10.8. The third kappa shape index (κ3) is 2.40. The largest absolute Gasteiger partial charge is 0.347 e. The summed E-state index contributed by atoms with van der Waals surface area (Å²) in [7, 11) is -1.82. The van der Waals surface area contributed by atoms with Gasteiger partial charge in [0.15, 0.2) is 0 Å². The van der Waals surface area contributed by atoms with Crippen molar-refractivity contribution in [3.05, 3.63) is 65.7 Å². The minimum atomic E-state index is -3.83. The molecule has 0 aliphatic carbocycles. The van der Waals surface area contributed by atoms with Gasteiger partial charge in [0.05, 0.1) is 15.4 Å². The summed E-state index contributed by atoms with van der Waals surface area (Å²) in [6.45, 7) is 0. The maximum atomic E-state index is 13.5. The summed E-state index contributed by atoms with van der Waals surface area (Å²) in [5.41, 5.74) is 3.76. The van der Waals surface area contributed by atoms with Gasteiger partial charge in [0.1, 0.15) is 5.82 Å². The van der Waals surface area contributed by atoms with E-state index in [-0.39, 0.29) is 10.9 Å². The summed E-state index contributed by atoms with van der Waals surface area (Å²) in [6, 6.07) is 11.1. The normalized spacial score (nSPS) is 23.4. The van der Waals surface area contributed by atoms with E-state index in [0.29, 0.717) is 17.3 Å². The Bertz CT molecular complexity index is 1470. The summed E-state index contributed by atoms with van der Waals surface area (Å²) in [6.07, 6.45) is 4.01. The first-order valence-electron chi connectivity index (χ1n) is 9.87. The molecular formula is C22H19ClFN3O2S. The first kappa shape index (κ1) is 18.4. The van der Waals surface area contributed by atoms with Gasteiger partial charge < -0.3 is 4.57 Å². The molecule has 2 unspecified atom stereocenters.